The van der Waals surface area contributed by atoms with E-state index in [9.17, 15) is 8.42 Å². The standard InChI is InChI=1S/C38H28Br2F4O2S/c1-21-9-11-23(13-33(21)39)27-5-3-7-29(27)25-15-35(41)31(36(42)16-25)19-47(45,46)20-32-37(43)17-26(18-38(32)44)30-8-4-6-28(30)24-12-10-22(2)34(40)14-24/h5-18H,3-4,19-20H2,1-2H3. The second kappa shape index (κ2) is 13.2. The molecule has 9 heteroatoms. The first kappa shape index (κ1) is 33.4. The maximum absolute atomic E-state index is 15.4. The minimum Gasteiger partial charge on any atom is -0.228 e. The molecular weight excluding hydrogens is 756 g/mol. The minimum atomic E-state index is -4.39. The van der Waals surface area contributed by atoms with Crippen LogP contribution in [0.15, 0.2) is 93.9 Å². The van der Waals surface area contributed by atoms with E-state index >= 15 is 17.6 Å². The number of hydrogen-bond acceptors (Lipinski definition) is 2. The zero-order valence-electron chi connectivity index (χ0n) is 25.4. The van der Waals surface area contributed by atoms with E-state index in [0.29, 0.717) is 24.0 Å². The molecule has 0 saturated carbocycles. The zero-order chi connectivity index (χ0) is 33.6. The van der Waals surface area contributed by atoms with E-state index in [1.807, 2.05) is 74.5 Å². The molecule has 2 aliphatic carbocycles. The molecule has 0 amide bonds. The highest BCUT2D eigenvalue weighted by Crippen LogP contribution is 2.40. The summed E-state index contributed by atoms with van der Waals surface area (Å²) >= 11 is 7.04. The maximum Gasteiger partial charge on any atom is 0.159 e. The fourth-order valence-corrected chi connectivity index (χ4v) is 8.22. The van der Waals surface area contributed by atoms with Gasteiger partial charge in [-0.1, -0.05) is 80.4 Å². The number of sulfone groups is 1. The van der Waals surface area contributed by atoms with Crippen molar-refractivity contribution < 1.29 is 26.0 Å². The van der Waals surface area contributed by atoms with Gasteiger partial charge < -0.3 is 0 Å². The summed E-state index contributed by atoms with van der Waals surface area (Å²) in [6, 6.07) is 16.0. The fraction of sp³-hybridized carbons (Fsp3) is 0.158. The Kier molecular flexibility index (Phi) is 9.35. The second-order valence-electron chi connectivity index (χ2n) is 11.7. The number of halogens is 6. The average Bonchev–Trinajstić information content (AvgIpc) is 3.70. The summed E-state index contributed by atoms with van der Waals surface area (Å²) in [5.41, 5.74) is 5.87. The summed E-state index contributed by atoms with van der Waals surface area (Å²) in [6.45, 7) is 3.91. The third kappa shape index (κ3) is 6.89. The lowest BCUT2D eigenvalue weighted by atomic mass is 9.93. The zero-order valence-corrected chi connectivity index (χ0v) is 29.4. The van der Waals surface area contributed by atoms with E-state index in [2.05, 4.69) is 31.9 Å². The molecule has 0 bridgehead atoms. The maximum atomic E-state index is 15.4. The average molecular weight is 785 g/mol. The SMILES string of the molecule is Cc1ccc(C2=CCC=C2c2cc(F)c(CS(=O)(=O)Cc3c(F)cc(C4=CCC=C4c4ccc(C)c(Br)c4)cc3F)c(F)c2)cc1Br. The van der Waals surface area contributed by atoms with Crippen molar-refractivity contribution in [2.45, 2.75) is 38.2 Å². The highest BCUT2D eigenvalue weighted by Gasteiger charge is 2.26. The lowest BCUT2D eigenvalue weighted by molar-refractivity contribution is 0.547. The van der Waals surface area contributed by atoms with Crippen molar-refractivity contribution >= 4 is 64.0 Å². The lowest BCUT2D eigenvalue weighted by Gasteiger charge is -2.15. The van der Waals surface area contributed by atoms with Gasteiger partial charge in [-0.05, 0) is 119 Å². The Morgan fingerprint density at radius 2 is 0.851 bits per heavy atom. The van der Waals surface area contributed by atoms with Crippen molar-refractivity contribution in [3.05, 3.63) is 162 Å². The Bertz CT molecular complexity index is 2000. The summed E-state index contributed by atoms with van der Waals surface area (Å²) in [4.78, 5) is 0. The summed E-state index contributed by atoms with van der Waals surface area (Å²) < 4.78 is 89.5. The van der Waals surface area contributed by atoms with Crippen LogP contribution in [-0.2, 0) is 21.3 Å². The largest absolute Gasteiger partial charge is 0.228 e. The molecule has 0 saturated heterocycles. The van der Waals surface area contributed by atoms with Gasteiger partial charge in [0, 0.05) is 20.1 Å². The van der Waals surface area contributed by atoms with Crippen LogP contribution in [0.5, 0.6) is 0 Å². The van der Waals surface area contributed by atoms with Crippen LogP contribution in [0.2, 0.25) is 0 Å². The Morgan fingerprint density at radius 1 is 0.532 bits per heavy atom. The van der Waals surface area contributed by atoms with E-state index < -0.39 is 55.7 Å². The van der Waals surface area contributed by atoms with Gasteiger partial charge in [0.2, 0.25) is 0 Å². The van der Waals surface area contributed by atoms with E-state index in [1.165, 1.54) is 0 Å². The molecule has 4 aromatic rings. The second-order valence-corrected chi connectivity index (χ2v) is 15.5. The molecule has 2 nitrogen and oxygen atoms in total. The van der Waals surface area contributed by atoms with Gasteiger partial charge in [-0.3, -0.25) is 0 Å². The molecule has 0 unspecified atom stereocenters. The molecule has 0 aliphatic heterocycles. The minimum absolute atomic E-state index is 0.266. The van der Waals surface area contributed by atoms with Crippen LogP contribution in [0.25, 0.3) is 22.3 Å². The molecule has 0 aromatic heterocycles. The van der Waals surface area contributed by atoms with Crippen molar-refractivity contribution in [1.82, 2.24) is 0 Å². The van der Waals surface area contributed by atoms with Gasteiger partial charge in [0.15, 0.2) is 9.84 Å². The quantitative estimate of drug-likeness (QED) is 0.167. The van der Waals surface area contributed by atoms with Crippen molar-refractivity contribution in [3.8, 4) is 0 Å². The molecule has 0 N–H and O–H groups in total. The van der Waals surface area contributed by atoms with Gasteiger partial charge >= 0.3 is 0 Å². The van der Waals surface area contributed by atoms with E-state index in [1.54, 1.807) is 0 Å². The molecule has 0 atom stereocenters. The molecular formula is C38H28Br2F4O2S. The van der Waals surface area contributed by atoms with E-state index in [4.69, 9.17) is 0 Å². The van der Waals surface area contributed by atoms with Crippen LogP contribution >= 0.6 is 31.9 Å². The van der Waals surface area contributed by atoms with E-state index in [-0.39, 0.29) is 11.1 Å². The molecule has 6 rings (SSSR count). The number of hydrogen-bond donors (Lipinski definition) is 0. The van der Waals surface area contributed by atoms with Crippen LogP contribution in [0.1, 0.15) is 57.3 Å². The first-order chi connectivity index (χ1) is 22.3. The van der Waals surface area contributed by atoms with Gasteiger partial charge in [0.05, 0.1) is 11.5 Å². The monoisotopic (exact) mass is 782 g/mol. The molecule has 0 heterocycles. The molecule has 47 heavy (non-hydrogen) atoms. The van der Waals surface area contributed by atoms with Crippen LogP contribution in [0, 0.1) is 37.1 Å². The Hall–Kier alpha value is -3.53. The third-order valence-electron chi connectivity index (χ3n) is 8.47. The van der Waals surface area contributed by atoms with Crippen molar-refractivity contribution in [2.24, 2.45) is 0 Å². The third-order valence-corrected chi connectivity index (χ3v) is 11.6. The number of rotatable bonds is 8. The predicted molar refractivity (Wildman–Crippen MR) is 188 cm³/mol. The number of allylic oxidation sites excluding steroid dienone is 8. The molecule has 2 aliphatic rings. The molecule has 0 spiro atoms. The summed E-state index contributed by atoms with van der Waals surface area (Å²) in [5.74, 6) is -6.31. The molecule has 240 valence electrons. The van der Waals surface area contributed by atoms with Gasteiger partial charge in [0.25, 0.3) is 0 Å². The van der Waals surface area contributed by atoms with Crippen LogP contribution in [0.4, 0.5) is 17.6 Å². The fourth-order valence-electron chi connectivity index (χ4n) is 5.93. The smallest absolute Gasteiger partial charge is 0.159 e. The van der Waals surface area contributed by atoms with Gasteiger partial charge in [-0.2, -0.15) is 0 Å². The molecule has 0 fully saturated rings. The Morgan fingerprint density at radius 3 is 1.17 bits per heavy atom. The normalized spacial score (nSPS) is 14.6. The summed E-state index contributed by atoms with van der Waals surface area (Å²) in [5, 5.41) is 0. The molecule has 0 radical (unpaired) electrons. The number of aryl methyl sites for hydroxylation is 2. The van der Waals surface area contributed by atoms with Gasteiger partial charge in [0.1, 0.15) is 23.3 Å². The van der Waals surface area contributed by atoms with Gasteiger partial charge in [-0.25, -0.2) is 26.0 Å². The highest BCUT2D eigenvalue weighted by molar-refractivity contribution is 9.10. The molecule has 4 aromatic carbocycles. The number of benzene rings is 4. The lowest BCUT2D eigenvalue weighted by Crippen LogP contribution is -2.13. The Balaban J connectivity index is 1.22. The summed E-state index contributed by atoms with van der Waals surface area (Å²) in [6.07, 6.45) is 8.76. The van der Waals surface area contributed by atoms with Crippen LogP contribution < -0.4 is 0 Å². The van der Waals surface area contributed by atoms with Gasteiger partial charge in [-0.15, -0.1) is 0 Å². The van der Waals surface area contributed by atoms with Crippen molar-refractivity contribution in [3.63, 3.8) is 0 Å². The predicted octanol–water partition coefficient (Wildman–Crippen LogP) is 11.2. The van der Waals surface area contributed by atoms with Crippen LogP contribution in [-0.4, -0.2) is 8.42 Å². The Labute approximate surface area is 288 Å². The topological polar surface area (TPSA) is 34.1 Å². The highest BCUT2D eigenvalue weighted by atomic mass is 79.9. The van der Waals surface area contributed by atoms with Crippen molar-refractivity contribution in [2.75, 3.05) is 0 Å². The first-order valence-corrected chi connectivity index (χ1v) is 18.2. The first-order valence-electron chi connectivity index (χ1n) is 14.8. The van der Waals surface area contributed by atoms with Crippen molar-refractivity contribution in [1.29, 1.82) is 0 Å². The summed E-state index contributed by atoms with van der Waals surface area (Å²) in [7, 11) is -4.39. The van der Waals surface area contributed by atoms with E-state index in [0.717, 1.165) is 66.6 Å². The van der Waals surface area contributed by atoms with Crippen LogP contribution in [0.3, 0.4) is 0 Å².